The number of aryl methyl sites for hydroxylation is 1. The van der Waals surface area contributed by atoms with Crippen molar-refractivity contribution in [2.24, 2.45) is 0 Å². The first-order chi connectivity index (χ1) is 15.8. The number of para-hydroxylation sites is 1. The summed E-state index contributed by atoms with van der Waals surface area (Å²) in [6.07, 6.45) is -4.53. The van der Waals surface area contributed by atoms with E-state index in [2.05, 4.69) is 5.10 Å². The highest BCUT2D eigenvalue weighted by Gasteiger charge is 2.36. The van der Waals surface area contributed by atoms with Crippen molar-refractivity contribution in [3.63, 3.8) is 0 Å². The minimum Gasteiger partial charge on any atom is -0.494 e. The van der Waals surface area contributed by atoms with E-state index in [0.29, 0.717) is 49.2 Å². The lowest BCUT2D eigenvalue weighted by Crippen LogP contribution is -2.49. The quantitative estimate of drug-likeness (QED) is 0.597. The Morgan fingerprint density at radius 3 is 2.30 bits per heavy atom. The third-order valence-electron chi connectivity index (χ3n) is 5.78. The molecule has 1 aromatic heterocycles. The summed E-state index contributed by atoms with van der Waals surface area (Å²) in [7, 11) is 1.22. The Kier molecular flexibility index (Phi) is 6.01. The predicted molar refractivity (Wildman–Crippen MR) is 118 cm³/mol. The van der Waals surface area contributed by atoms with E-state index in [9.17, 15) is 22.8 Å². The second-order valence-corrected chi connectivity index (χ2v) is 7.65. The highest BCUT2D eigenvalue weighted by atomic mass is 19.4. The molecule has 0 bridgehead atoms. The zero-order chi connectivity index (χ0) is 23.8. The van der Waals surface area contributed by atoms with Gasteiger partial charge in [0, 0.05) is 38.1 Å². The lowest BCUT2D eigenvalue weighted by molar-refractivity contribution is -0.138. The number of benzene rings is 2. The highest BCUT2D eigenvalue weighted by Crippen LogP contribution is 2.41. The largest absolute Gasteiger partial charge is 0.494 e. The van der Waals surface area contributed by atoms with Crippen molar-refractivity contribution in [3.05, 3.63) is 64.1 Å². The number of hydrogen-bond acceptors (Lipinski definition) is 5. The number of alkyl halides is 3. The van der Waals surface area contributed by atoms with E-state index in [1.54, 1.807) is 47.1 Å². The number of carbonyl (C=O) groups is 1. The van der Waals surface area contributed by atoms with E-state index in [4.69, 9.17) is 4.74 Å². The molecule has 7 nitrogen and oxygen atoms in total. The normalized spacial score (nSPS) is 14.6. The van der Waals surface area contributed by atoms with Crippen LogP contribution in [0, 0.1) is 0 Å². The van der Waals surface area contributed by atoms with Crippen LogP contribution in [0.15, 0.2) is 47.3 Å². The predicted octanol–water partition coefficient (Wildman–Crippen LogP) is 3.41. The molecular weight excluding hydrogens is 437 g/mol. The first kappa shape index (κ1) is 22.6. The Labute approximate surface area is 188 Å². The van der Waals surface area contributed by atoms with Crippen molar-refractivity contribution in [1.82, 2.24) is 14.7 Å². The molecule has 0 unspecified atom stereocenters. The second kappa shape index (κ2) is 8.76. The van der Waals surface area contributed by atoms with Crippen LogP contribution in [-0.4, -0.2) is 53.9 Å². The summed E-state index contributed by atoms with van der Waals surface area (Å²) in [5, 5.41) is 5.20. The summed E-state index contributed by atoms with van der Waals surface area (Å²) in [6, 6.07) is 10.8. The minimum atomic E-state index is -4.53. The number of anilines is 1. The molecule has 1 amide bonds. The number of aromatic nitrogens is 2. The van der Waals surface area contributed by atoms with Gasteiger partial charge in [0.05, 0.1) is 23.7 Å². The van der Waals surface area contributed by atoms with Crippen LogP contribution >= 0.6 is 0 Å². The monoisotopic (exact) mass is 460 g/mol. The van der Waals surface area contributed by atoms with Gasteiger partial charge in [0.15, 0.2) is 11.4 Å². The smallest absolute Gasteiger partial charge is 0.420 e. The zero-order valence-electron chi connectivity index (χ0n) is 18.2. The molecule has 2 aromatic carbocycles. The molecule has 0 N–H and O–H groups in total. The van der Waals surface area contributed by atoms with E-state index in [0.717, 1.165) is 6.07 Å². The van der Waals surface area contributed by atoms with Gasteiger partial charge in [-0.3, -0.25) is 9.59 Å². The molecule has 0 atom stereocenters. The summed E-state index contributed by atoms with van der Waals surface area (Å²) in [5.74, 6) is -0.545. The average molecular weight is 460 g/mol. The molecule has 0 aliphatic carbocycles. The van der Waals surface area contributed by atoms with Crippen LogP contribution < -0.4 is 15.2 Å². The van der Waals surface area contributed by atoms with Crippen LogP contribution in [0.5, 0.6) is 5.75 Å². The minimum absolute atomic E-state index is 0.192. The third-order valence-corrected chi connectivity index (χ3v) is 5.78. The van der Waals surface area contributed by atoms with Gasteiger partial charge in [-0.2, -0.15) is 18.3 Å². The Morgan fingerprint density at radius 2 is 1.70 bits per heavy atom. The fourth-order valence-corrected chi connectivity index (χ4v) is 4.12. The molecule has 0 spiro atoms. The van der Waals surface area contributed by atoms with E-state index in [1.807, 2.05) is 0 Å². The van der Waals surface area contributed by atoms with Crippen LogP contribution in [0.2, 0.25) is 0 Å². The van der Waals surface area contributed by atoms with E-state index in [-0.39, 0.29) is 22.9 Å². The van der Waals surface area contributed by atoms with E-state index in [1.165, 1.54) is 17.9 Å². The Hall–Kier alpha value is -3.56. The molecule has 174 valence electrons. The van der Waals surface area contributed by atoms with Gasteiger partial charge in [0.2, 0.25) is 0 Å². The van der Waals surface area contributed by atoms with Gasteiger partial charge in [-0.25, -0.2) is 4.68 Å². The van der Waals surface area contributed by atoms with Gasteiger partial charge >= 0.3 is 6.18 Å². The van der Waals surface area contributed by atoms with Gasteiger partial charge in [0.25, 0.3) is 11.5 Å². The van der Waals surface area contributed by atoms with E-state index < -0.39 is 11.7 Å². The molecule has 1 aliphatic heterocycles. The lowest BCUT2D eigenvalue weighted by atomic mass is 10.1. The number of fused-ring (bicyclic) bond motifs is 1. The van der Waals surface area contributed by atoms with Crippen LogP contribution in [0.1, 0.15) is 23.0 Å². The summed E-state index contributed by atoms with van der Waals surface area (Å²) in [6.45, 7) is 3.34. The first-order valence-corrected chi connectivity index (χ1v) is 10.5. The summed E-state index contributed by atoms with van der Waals surface area (Å²) < 4.78 is 46.5. The van der Waals surface area contributed by atoms with Crippen molar-refractivity contribution < 1.29 is 22.7 Å². The number of piperazine rings is 1. The maximum Gasteiger partial charge on any atom is 0.420 e. The van der Waals surface area contributed by atoms with Crippen molar-refractivity contribution in [2.45, 2.75) is 19.6 Å². The standard InChI is InChI=1S/C23H23F3N4O3/c1-3-30-21(31)16-8-5-4-7-15(16)19(27-30)22(32)29-13-11-28(12-14-29)18-10-6-9-17(20(18)33-2)23(24,25)26/h4-10H,3,11-14H2,1-2H3. The molecular formula is C23H23F3N4O3. The number of rotatable bonds is 4. The Balaban J connectivity index is 1.59. The first-order valence-electron chi connectivity index (χ1n) is 10.5. The molecule has 0 radical (unpaired) electrons. The van der Waals surface area contributed by atoms with Gasteiger partial charge in [0.1, 0.15) is 0 Å². The van der Waals surface area contributed by atoms with Crippen LogP contribution in [0.3, 0.4) is 0 Å². The number of ether oxygens (including phenoxy) is 1. The average Bonchev–Trinajstić information content (AvgIpc) is 2.83. The van der Waals surface area contributed by atoms with Crippen LogP contribution in [0.25, 0.3) is 10.8 Å². The maximum atomic E-state index is 13.4. The number of methoxy groups -OCH3 is 1. The Bertz CT molecular complexity index is 1250. The summed E-state index contributed by atoms with van der Waals surface area (Å²) in [5.41, 5.74) is -0.565. The highest BCUT2D eigenvalue weighted by molar-refractivity contribution is 6.04. The molecule has 10 heteroatoms. The number of nitrogens with zero attached hydrogens (tertiary/aromatic N) is 4. The van der Waals surface area contributed by atoms with Crippen LogP contribution in [-0.2, 0) is 12.7 Å². The SMILES string of the molecule is CCn1nc(C(=O)N2CCN(c3cccc(C(F)(F)F)c3OC)CC2)c2ccccc2c1=O. The number of hydrogen-bond donors (Lipinski definition) is 0. The van der Waals surface area contributed by atoms with Gasteiger partial charge < -0.3 is 14.5 Å². The molecule has 4 rings (SSSR count). The fourth-order valence-electron chi connectivity index (χ4n) is 4.12. The van der Waals surface area contributed by atoms with Crippen molar-refractivity contribution in [3.8, 4) is 5.75 Å². The molecule has 0 saturated carbocycles. The maximum absolute atomic E-state index is 13.4. The van der Waals surface area contributed by atoms with Gasteiger partial charge in [-0.05, 0) is 25.1 Å². The Morgan fingerprint density at radius 1 is 1.03 bits per heavy atom. The molecule has 33 heavy (non-hydrogen) atoms. The van der Waals surface area contributed by atoms with Crippen molar-refractivity contribution in [1.29, 1.82) is 0 Å². The molecule has 3 aromatic rings. The number of amides is 1. The van der Waals surface area contributed by atoms with Gasteiger partial charge in [-0.15, -0.1) is 0 Å². The molecule has 1 aliphatic rings. The lowest BCUT2D eigenvalue weighted by Gasteiger charge is -2.37. The van der Waals surface area contributed by atoms with Crippen LogP contribution in [0.4, 0.5) is 18.9 Å². The second-order valence-electron chi connectivity index (χ2n) is 7.65. The molecule has 1 saturated heterocycles. The summed E-state index contributed by atoms with van der Waals surface area (Å²) >= 11 is 0. The topological polar surface area (TPSA) is 67.7 Å². The third kappa shape index (κ3) is 4.12. The summed E-state index contributed by atoms with van der Waals surface area (Å²) in [4.78, 5) is 29.2. The van der Waals surface area contributed by atoms with E-state index >= 15 is 0 Å². The zero-order valence-corrected chi connectivity index (χ0v) is 18.2. The van der Waals surface area contributed by atoms with Gasteiger partial charge in [-0.1, -0.05) is 24.3 Å². The number of carbonyl (C=O) groups excluding carboxylic acids is 1. The number of halogens is 3. The van der Waals surface area contributed by atoms with Crippen molar-refractivity contribution in [2.75, 3.05) is 38.2 Å². The van der Waals surface area contributed by atoms with Crippen molar-refractivity contribution >= 4 is 22.4 Å². The molecule has 1 fully saturated rings. The molecule has 2 heterocycles. The fraction of sp³-hybridized carbons (Fsp3) is 0.348.